The first-order chi connectivity index (χ1) is 9.47. The number of aromatic nitrogens is 1. The monoisotopic (exact) mass is 313 g/mol. The number of amides is 2. The molecule has 1 fully saturated rings. The molecule has 1 aromatic heterocycles. The van der Waals surface area contributed by atoms with Gasteiger partial charge in [0.1, 0.15) is 0 Å². The highest BCUT2D eigenvalue weighted by molar-refractivity contribution is 8.02. The van der Waals surface area contributed by atoms with Crippen LogP contribution in [0.2, 0.25) is 0 Å². The van der Waals surface area contributed by atoms with Crippen molar-refractivity contribution in [1.82, 2.24) is 9.88 Å². The van der Waals surface area contributed by atoms with Crippen molar-refractivity contribution in [3.05, 3.63) is 11.1 Å². The highest BCUT2D eigenvalue weighted by Crippen LogP contribution is 2.28. The van der Waals surface area contributed by atoms with Gasteiger partial charge in [-0.3, -0.25) is 9.59 Å². The Hall–Kier alpha value is -1.08. The van der Waals surface area contributed by atoms with E-state index in [4.69, 9.17) is 5.73 Å². The molecular formula is C13H19N3O2S2. The maximum absolute atomic E-state index is 12.4. The fourth-order valence-electron chi connectivity index (χ4n) is 2.25. The van der Waals surface area contributed by atoms with E-state index < -0.39 is 0 Å². The smallest absolute Gasteiger partial charge is 0.235 e. The van der Waals surface area contributed by atoms with Gasteiger partial charge in [-0.15, -0.1) is 11.3 Å². The van der Waals surface area contributed by atoms with Crippen molar-refractivity contribution in [2.24, 2.45) is 11.7 Å². The molecule has 1 aromatic rings. The van der Waals surface area contributed by atoms with Crippen LogP contribution in [-0.2, 0) is 9.59 Å². The van der Waals surface area contributed by atoms with Crippen LogP contribution >= 0.6 is 23.1 Å². The van der Waals surface area contributed by atoms with Gasteiger partial charge in [-0.1, -0.05) is 11.8 Å². The van der Waals surface area contributed by atoms with Gasteiger partial charge in [0.05, 0.1) is 11.2 Å². The van der Waals surface area contributed by atoms with Crippen LogP contribution in [0.1, 0.15) is 25.5 Å². The van der Waals surface area contributed by atoms with Crippen LogP contribution in [0.3, 0.4) is 0 Å². The second-order valence-electron chi connectivity index (χ2n) is 5.04. The van der Waals surface area contributed by atoms with Crippen LogP contribution in [0.15, 0.2) is 9.72 Å². The summed E-state index contributed by atoms with van der Waals surface area (Å²) in [6, 6.07) is 0. The predicted octanol–water partition coefficient (Wildman–Crippen LogP) is 1.66. The average Bonchev–Trinajstić information content (AvgIpc) is 2.83. The van der Waals surface area contributed by atoms with E-state index in [1.807, 2.05) is 19.2 Å². The largest absolute Gasteiger partial charge is 0.369 e. The van der Waals surface area contributed by atoms with Crippen molar-refractivity contribution < 1.29 is 9.59 Å². The van der Waals surface area contributed by atoms with E-state index in [-0.39, 0.29) is 23.0 Å². The Bertz CT molecular complexity index is 504. The van der Waals surface area contributed by atoms with Crippen molar-refractivity contribution >= 4 is 34.9 Å². The highest BCUT2D eigenvalue weighted by Gasteiger charge is 2.29. The molecule has 0 aromatic carbocycles. The van der Waals surface area contributed by atoms with Gasteiger partial charge in [0, 0.05) is 24.2 Å². The predicted molar refractivity (Wildman–Crippen MR) is 80.7 cm³/mol. The fourth-order valence-corrected chi connectivity index (χ4v) is 4.32. The lowest BCUT2D eigenvalue weighted by atomic mass is 9.97. The molecule has 1 aliphatic heterocycles. The number of nitrogens with zero attached hydrogens (tertiary/aromatic N) is 2. The number of piperidine rings is 1. The molecule has 1 saturated heterocycles. The molecule has 5 nitrogen and oxygen atoms in total. The Kier molecular flexibility index (Phi) is 5.04. The molecule has 20 heavy (non-hydrogen) atoms. The first-order valence-corrected chi connectivity index (χ1v) is 8.40. The molecule has 1 aliphatic rings. The normalized spacial score (nSPS) is 20.7. The number of primary amides is 1. The number of rotatable bonds is 4. The summed E-state index contributed by atoms with van der Waals surface area (Å²) in [4.78, 5) is 29.8. The van der Waals surface area contributed by atoms with E-state index in [0.29, 0.717) is 13.1 Å². The lowest BCUT2D eigenvalue weighted by molar-refractivity contribution is -0.134. The van der Waals surface area contributed by atoms with E-state index in [2.05, 4.69) is 4.98 Å². The molecule has 0 aliphatic carbocycles. The number of carbonyl (C=O) groups excluding carboxylic acids is 2. The molecule has 2 heterocycles. The van der Waals surface area contributed by atoms with Crippen LogP contribution in [0.4, 0.5) is 0 Å². The third kappa shape index (κ3) is 3.73. The number of hydrogen-bond acceptors (Lipinski definition) is 5. The molecular weight excluding hydrogens is 294 g/mol. The second kappa shape index (κ2) is 6.58. The summed E-state index contributed by atoms with van der Waals surface area (Å²) in [5.74, 6) is -0.445. The fraction of sp³-hybridized carbons (Fsp3) is 0.615. The zero-order chi connectivity index (χ0) is 14.7. The Morgan fingerprint density at radius 1 is 1.60 bits per heavy atom. The molecule has 2 unspecified atom stereocenters. The molecule has 0 radical (unpaired) electrons. The Morgan fingerprint density at radius 3 is 2.95 bits per heavy atom. The van der Waals surface area contributed by atoms with Crippen molar-refractivity contribution in [3.63, 3.8) is 0 Å². The Balaban J connectivity index is 1.94. The summed E-state index contributed by atoms with van der Waals surface area (Å²) in [6.07, 6.45) is 1.62. The van der Waals surface area contributed by atoms with Gasteiger partial charge >= 0.3 is 0 Å². The summed E-state index contributed by atoms with van der Waals surface area (Å²) >= 11 is 3.03. The summed E-state index contributed by atoms with van der Waals surface area (Å²) in [5, 5.41) is 1.79. The topological polar surface area (TPSA) is 76.3 Å². The number of thiazole rings is 1. The maximum Gasteiger partial charge on any atom is 0.235 e. The summed E-state index contributed by atoms with van der Waals surface area (Å²) in [7, 11) is 0. The average molecular weight is 313 g/mol. The van der Waals surface area contributed by atoms with Crippen LogP contribution in [0.5, 0.6) is 0 Å². The van der Waals surface area contributed by atoms with Gasteiger partial charge in [0.25, 0.3) is 0 Å². The molecule has 0 saturated carbocycles. The summed E-state index contributed by atoms with van der Waals surface area (Å²) in [6.45, 7) is 4.99. The minimum atomic E-state index is -0.307. The SMILES string of the molecule is Cc1csc(SC(C)C(=O)N2CCCC(C(N)=O)C2)n1. The van der Waals surface area contributed by atoms with E-state index in [0.717, 1.165) is 22.9 Å². The lowest BCUT2D eigenvalue weighted by Gasteiger charge is -2.32. The minimum absolute atomic E-state index is 0.0637. The molecule has 2 rings (SSSR count). The van der Waals surface area contributed by atoms with E-state index in [1.165, 1.54) is 11.8 Å². The second-order valence-corrected chi connectivity index (χ2v) is 7.49. The van der Waals surface area contributed by atoms with E-state index in [9.17, 15) is 9.59 Å². The third-order valence-corrected chi connectivity index (χ3v) is 5.54. The summed E-state index contributed by atoms with van der Waals surface area (Å²) < 4.78 is 0.909. The zero-order valence-electron chi connectivity index (χ0n) is 11.7. The number of aryl methyl sites for hydroxylation is 1. The molecule has 2 N–H and O–H groups in total. The number of thioether (sulfide) groups is 1. The highest BCUT2D eigenvalue weighted by atomic mass is 32.2. The van der Waals surface area contributed by atoms with Gasteiger partial charge in [-0.2, -0.15) is 0 Å². The molecule has 2 amide bonds. The molecule has 2 atom stereocenters. The van der Waals surface area contributed by atoms with Crippen molar-refractivity contribution in [2.75, 3.05) is 13.1 Å². The molecule has 0 spiro atoms. The van der Waals surface area contributed by atoms with Crippen LogP contribution in [-0.4, -0.2) is 40.0 Å². The van der Waals surface area contributed by atoms with Crippen molar-refractivity contribution in [3.8, 4) is 0 Å². The first kappa shape index (κ1) is 15.3. The number of likely N-dealkylation sites (tertiary alicyclic amines) is 1. The van der Waals surface area contributed by atoms with Gasteiger partial charge in [-0.25, -0.2) is 4.98 Å². The summed E-state index contributed by atoms with van der Waals surface area (Å²) in [5.41, 5.74) is 6.32. The molecule has 7 heteroatoms. The number of carbonyl (C=O) groups is 2. The molecule has 0 bridgehead atoms. The van der Waals surface area contributed by atoms with Crippen LogP contribution in [0, 0.1) is 12.8 Å². The van der Waals surface area contributed by atoms with Crippen LogP contribution in [0.25, 0.3) is 0 Å². The van der Waals surface area contributed by atoms with Crippen molar-refractivity contribution in [2.45, 2.75) is 36.3 Å². The molecule has 110 valence electrons. The van der Waals surface area contributed by atoms with E-state index in [1.54, 1.807) is 16.2 Å². The Morgan fingerprint density at radius 2 is 2.35 bits per heavy atom. The van der Waals surface area contributed by atoms with Gasteiger partial charge in [0.15, 0.2) is 4.34 Å². The van der Waals surface area contributed by atoms with Gasteiger partial charge in [0.2, 0.25) is 11.8 Å². The van der Waals surface area contributed by atoms with E-state index >= 15 is 0 Å². The number of hydrogen-bond donors (Lipinski definition) is 1. The number of nitrogens with two attached hydrogens (primary N) is 1. The zero-order valence-corrected chi connectivity index (χ0v) is 13.3. The van der Waals surface area contributed by atoms with Gasteiger partial charge < -0.3 is 10.6 Å². The minimum Gasteiger partial charge on any atom is -0.369 e. The van der Waals surface area contributed by atoms with Crippen molar-refractivity contribution in [1.29, 1.82) is 0 Å². The lowest BCUT2D eigenvalue weighted by Crippen LogP contribution is -2.46. The third-order valence-electron chi connectivity index (χ3n) is 3.36. The van der Waals surface area contributed by atoms with Gasteiger partial charge in [-0.05, 0) is 26.7 Å². The standard InChI is InChI=1S/C13H19N3O2S2/c1-8-7-19-13(15-8)20-9(2)12(18)16-5-3-4-10(6-16)11(14)17/h7,9-10H,3-6H2,1-2H3,(H2,14,17). The van der Waals surface area contributed by atoms with Crippen LogP contribution < -0.4 is 5.73 Å². The first-order valence-electron chi connectivity index (χ1n) is 6.64. The Labute approximate surface area is 126 Å². The maximum atomic E-state index is 12.4. The quantitative estimate of drug-likeness (QED) is 0.858.